The van der Waals surface area contributed by atoms with Gasteiger partial charge in [0.15, 0.2) is 0 Å². The van der Waals surface area contributed by atoms with Gasteiger partial charge in [-0.2, -0.15) is 0 Å². The van der Waals surface area contributed by atoms with Gasteiger partial charge in [-0.25, -0.2) is 13.1 Å². The number of hydrogen-bond acceptors (Lipinski definition) is 3. The van der Waals surface area contributed by atoms with E-state index in [0.29, 0.717) is 18.9 Å². The van der Waals surface area contributed by atoms with Gasteiger partial charge < -0.3 is 4.74 Å². The summed E-state index contributed by atoms with van der Waals surface area (Å²) in [7, 11) is -3.29. The molecule has 24 heavy (non-hydrogen) atoms. The van der Waals surface area contributed by atoms with Crippen LogP contribution < -0.4 is 9.46 Å². The van der Waals surface area contributed by atoms with E-state index in [0.717, 1.165) is 16.9 Å². The summed E-state index contributed by atoms with van der Waals surface area (Å²) in [6.07, 6.45) is 0.507. The fraction of sp³-hybridized carbons (Fsp3) is 0.368. The SMILES string of the molecule is CC(C)c1ccccc1OCCNS(=O)(=O)CCc1ccccc1. The van der Waals surface area contributed by atoms with Gasteiger partial charge in [0.1, 0.15) is 12.4 Å². The standard InChI is InChI=1S/C19H25NO3S/c1-16(2)18-10-6-7-11-19(18)23-14-13-20-24(21,22)15-12-17-8-4-3-5-9-17/h3-11,16,20H,12-15H2,1-2H3. The average molecular weight is 347 g/mol. The molecule has 0 amide bonds. The van der Waals surface area contributed by atoms with Crippen molar-refractivity contribution in [2.45, 2.75) is 26.2 Å². The fourth-order valence-corrected chi connectivity index (χ4v) is 3.46. The lowest BCUT2D eigenvalue weighted by Crippen LogP contribution is -2.31. The normalized spacial score (nSPS) is 11.6. The summed E-state index contributed by atoms with van der Waals surface area (Å²) in [6.45, 7) is 4.79. The summed E-state index contributed by atoms with van der Waals surface area (Å²) in [5.74, 6) is 1.26. The van der Waals surface area contributed by atoms with Crippen LogP contribution in [0.2, 0.25) is 0 Å². The Balaban J connectivity index is 1.77. The van der Waals surface area contributed by atoms with Crippen molar-refractivity contribution in [3.05, 3.63) is 65.7 Å². The van der Waals surface area contributed by atoms with E-state index in [1.54, 1.807) is 0 Å². The summed E-state index contributed by atoms with van der Waals surface area (Å²) in [6, 6.07) is 17.5. The molecule has 0 aliphatic carbocycles. The van der Waals surface area contributed by atoms with Crippen molar-refractivity contribution in [2.75, 3.05) is 18.9 Å². The van der Waals surface area contributed by atoms with Crippen LogP contribution in [0.15, 0.2) is 54.6 Å². The van der Waals surface area contributed by atoms with Gasteiger partial charge >= 0.3 is 0 Å². The summed E-state index contributed by atoms with van der Waals surface area (Å²) in [5, 5.41) is 0. The second kappa shape index (κ2) is 8.85. The molecule has 0 aliphatic heterocycles. The third-order valence-corrected chi connectivity index (χ3v) is 5.11. The van der Waals surface area contributed by atoms with Crippen molar-refractivity contribution in [3.8, 4) is 5.75 Å². The Morgan fingerprint density at radius 3 is 2.38 bits per heavy atom. The first-order chi connectivity index (χ1) is 11.5. The largest absolute Gasteiger partial charge is 0.492 e. The summed E-state index contributed by atoms with van der Waals surface area (Å²) in [5.41, 5.74) is 2.15. The van der Waals surface area contributed by atoms with E-state index >= 15 is 0 Å². The Bertz CT molecular complexity index is 727. The van der Waals surface area contributed by atoms with Crippen LogP contribution >= 0.6 is 0 Å². The number of hydrogen-bond donors (Lipinski definition) is 1. The predicted molar refractivity (Wildman–Crippen MR) is 98.0 cm³/mol. The predicted octanol–water partition coefficient (Wildman–Crippen LogP) is 3.35. The van der Waals surface area contributed by atoms with Crippen molar-refractivity contribution in [1.82, 2.24) is 4.72 Å². The molecule has 0 atom stereocenters. The topological polar surface area (TPSA) is 55.4 Å². The number of benzene rings is 2. The molecule has 0 heterocycles. The molecule has 0 spiro atoms. The van der Waals surface area contributed by atoms with Gasteiger partial charge in [0.2, 0.25) is 10.0 Å². The van der Waals surface area contributed by atoms with E-state index in [1.165, 1.54) is 0 Å². The smallest absolute Gasteiger partial charge is 0.212 e. The summed E-state index contributed by atoms with van der Waals surface area (Å²) >= 11 is 0. The third-order valence-electron chi connectivity index (χ3n) is 3.72. The second-order valence-electron chi connectivity index (χ2n) is 5.99. The number of para-hydroxylation sites is 1. The van der Waals surface area contributed by atoms with Gasteiger partial charge in [0.05, 0.1) is 5.75 Å². The molecule has 0 unspecified atom stereocenters. The zero-order chi connectivity index (χ0) is 17.4. The molecule has 2 aromatic carbocycles. The lowest BCUT2D eigenvalue weighted by Gasteiger charge is -2.14. The number of rotatable bonds is 9. The van der Waals surface area contributed by atoms with Gasteiger partial charge in [-0.3, -0.25) is 0 Å². The van der Waals surface area contributed by atoms with Crippen LogP contribution in [0.1, 0.15) is 30.9 Å². The molecule has 0 aromatic heterocycles. The monoisotopic (exact) mass is 347 g/mol. The van der Waals surface area contributed by atoms with E-state index in [1.807, 2.05) is 54.6 Å². The first kappa shape index (κ1) is 18.5. The highest BCUT2D eigenvalue weighted by molar-refractivity contribution is 7.89. The molecular formula is C19H25NO3S. The molecule has 0 bridgehead atoms. The molecular weight excluding hydrogens is 322 g/mol. The van der Waals surface area contributed by atoms with E-state index in [2.05, 4.69) is 18.6 Å². The Morgan fingerprint density at radius 2 is 1.67 bits per heavy atom. The molecule has 0 saturated heterocycles. The Labute approximate surface area is 144 Å². The lowest BCUT2D eigenvalue weighted by atomic mass is 10.0. The van der Waals surface area contributed by atoms with Crippen molar-refractivity contribution < 1.29 is 13.2 Å². The van der Waals surface area contributed by atoms with Crippen molar-refractivity contribution in [1.29, 1.82) is 0 Å². The molecule has 0 fully saturated rings. The number of sulfonamides is 1. The van der Waals surface area contributed by atoms with Crippen LogP contribution in [-0.2, 0) is 16.4 Å². The van der Waals surface area contributed by atoms with Crippen LogP contribution in [-0.4, -0.2) is 27.3 Å². The van der Waals surface area contributed by atoms with Crippen LogP contribution in [0.5, 0.6) is 5.75 Å². The van der Waals surface area contributed by atoms with Crippen LogP contribution in [0.4, 0.5) is 0 Å². The molecule has 2 aromatic rings. The van der Waals surface area contributed by atoms with Crippen molar-refractivity contribution in [3.63, 3.8) is 0 Å². The van der Waals surface area contributed by atoms with Gasteiger partial charge in [-0.05, 0) is 29.5 Å². The van der Waals surface area contributed by atoms with Crippen LogP contribution in [0, 0.1) is 0 Å². The molecule has 0 aliphatic rings. The maximum Gasteiger partial charge on any atom is 0.212 e. The van der Waals surface area contributed by atoms with Gasteiger partial charge in [-0.1, -0.05) is 62.4 Å². The first-order valence-electron chi connectivity index (χ1n) is 8.21. The molecule has 1 N–H and O–H groups in total. The van der Waals surface area contributed by atoms with Gasteiger partial charge in [0, 0.05) is 6.54 Å². The molecule has 0 saturated carbocycles. The highest BCUT2D eigenvalue weighted by atomic mass is 32.2. The van der Waals surface area contributed by atoms with E-state index in [4.69, 9.17) is 4.74 Å². The van der Waals surface area contributed by atoms with E-state index < -0.39 is 10.0 Å². The van der Waals surface area contributed by atoms with Crippen molar-refractivity contribution >= 4 is 10.0 Å². The number of aryl methyl sites for hydroxylation is 1. The minimum absolute atomic E-state index is 0.0829. The minimum Gasteiger partial charge on any atom is -0.492 e. The van der Waals surface area contributed by atoms with E-state index in [-0.39, 0.29) is 12.3 Å². The summed E-state index contributed by atoms with van der Waals surface area (Å²) in [4.78, 5) is 0. The molecule has 0 radical (unpaired) electrons. The van der Waals surface area contributed by atoms with Crippen LogP contribution in [0.25, 0.3) is 0 Å². The Hall–Kier alpha value is -1.85. The molecule has 4 nitrogen and oxygen atoms in total. The van der Waals surface area contributed by atoms with Gasteiger partial charge in [-0.15, -0.1) is 0 Å². The van der Waals surface area contributed by atoms with E-state index in [9.17, 15) is 8.42 Å². The Morgan fingerprint density at radius 1 is 1.00 bits per heavy atom. The third kappa shape index (κ3) is 5.98. The maximum atomic E-state index is 12.0. The zero-order valence-electron chi connectivity index (χ0n) is 14.2. The summed E-state index contributed by atoms with van der Waals surface area (Å²) < 4.78 is 32.4. The van der Waals surface area contributed by atoms with Crippen LogP contribution in [0.3, 0.4) is 0 Å². The quantitative estimate of drug-likeness (QED) is 0.708. The number of ether oxygens (including phenoxy) is 1. The van der Waals surface area contributed by atoms with Crippen molar-refractivity contribution in [2.24, 2.45) is 0 Å². The zero-order valence-corrected chi connectivity index (χ0v) is 15.1. The minimum atomic E-state index is -3.29. The maximum absolute atomic E-state index is 12.0. The first-order valence-corrected chi connectivity index (χ1v) is 9.86. The molecule has 5 heteroatoms. The molecule has 2 rings (SSSR count). The number of nitrogens with one attached hydrogen (secondary N) is 1. The second-order valence-corrected chi connectivity index (χ2v) is 7.92. The Kier molecular flexibility index (Phi) is 6.82. The highest BCUT2D eigenvalue weighted by Gasteiger charge is 2.11. The lowest BCUT2D eigenvalue weighted by molar-refractivity contribution is 0.318. The van der Waals surface area contributed by atoms with Gasteiger partial charge in [0.25, 0.3) is 0 Å². The average Bonchev–Trinajstić information content (AvgIpc) is 2.58. The highest BCUT2D eigenvalue weighted by Crippen LogP contribution is 2.25. The molecule has 130 valence electrons. The fourth-order valence-electron chi connectivity index (χ4n) is 2.42.